The van der Waals surface area contributed by atoms with Crippen molar-refractivity contribution in [2.45, 2.75) is 110 Å². The second-order valence-corrected chi connectivity index (χ2v) is 18.7. The molecule has 0 aliphatic heterocycles. The summed E-state index contributed by atoms with van der Waals surface area (Å²) in [7, 11) is -2.77. The number of nitrogens with two attached hydrogens (primary N) is 1. The lowest BCUT2D eigenvalue weighted by Gasteiger charge is -2.53. The molecule has 3 aliphatic rings. The number of aromatic nitrogens is 2. The van der Waals surface area contributed by atoms with Crippen LogP contribution in [0.5, 0.6) is 11.8 Å². The van der Waals surface area contributed by atoms with Crippen LogP contribution < -0.4 is 15.2 Å². The number of carbonyl (C=O) groups excluding carboxylic acids is 2. The van der Waals surface area contributed by atoms with E-state index in [1.54, 1.807) is 0 Å². The second kappa shape index (κ2) is 11.7. The van der Waals surface area contributed by atoms with Crippen LogP contribution in [-0.4, -0.2) is 53.9 Å². The van der Waals surface area contributed by atoms with Crippen LogP contribution in [0.4, 0.5) is 0 Å². The van der Waals surface area contributed by atoms with Gasteiger partial charge in [0.15, 0.2) is 25.5 Å². The minimum Gasteiger partial charge on any atom is -0.508 e. The first kappa shape index (κ1) is 32.4. The van der Waals surface area contributed by atoms with Crippen molar-refractivity contribution >= 4 is 19.9 Å². The quantitative estimate of drug-likeness (QED) is 0.219. The Balaban J connectivity index is 1.71. The molecule has 0 bridgehead atoms. The van der Waals surface area contributed by atoms with Crippen molar-refractivity contribution in [3.63, 3.8) is 0 Å². The highest BCUT2D eigenvalue weighted by atomic mass is 28.4. The first-order valence-corrected chi connectivity index (χ1v) is 18.8. The smallest absolute Gasteiger partial charge is 0.265 e. The maximum absolute atomic E-state index is 14.9. The second-order valence-electron chi connectivity index (χ2n) is 14.0. The molecule has 0 radical (unpaired) electrons. The van der Waals surface area contributed by atoms with Gasteiger partial charge in [-0.15, -0.1) is 0 Å². The zero-order valence-corrected chi connectivity index (χ0v) is 28.3. The number of allylic oxidation sites excluding steroid dienone is 1. The van der Waals surface area contributed by atoms with E-state index in [1.807, 2.05) is 33.0 Å². The molecule has 0 fully saturated rings. The van der Waals surface area contributed by atoms with Crippen LogP contribution in [-0.2, 0) is 10.8 Å². The molecule has 5 rings (SSSR count). The lowest BCUT2D eigenvalue weighted by atomic mass is 9.59. The summed E-state index contributed by atoms with van der Waals surface area (Å²) in [6, 6.07) is 1.08. The summed E-state index contributed by atoms with van der Waals surface area (Å²) in [5.74, 6) is -1.83. The van der Waals surface area contributed by atoms with Crippen LogP contribution in [0.25, 0.3) is 0 Å². The van der Waals surface area contributed by atoms with Gasteiger partial charge in [-0.1, -0.05) is 47.5 Å². The topological polar surface area (TPSA) is 147 Å². The predicted octanol–water partition coefficient (Wildman–Crippen LogP) is 6.58. The molecule has 240 valence electrons. The molecule has 0 unspecified atom stereocenters. The van der Waals surface area contributed by atoms with E-state index in [1.165, 1.54) is 0 Å². The lowest BCUT2D eigenvalue weighted by molar-refractivity contribution is -0.0273. The first-order valence-electron chi connectivity index (χ1n) is 15.9. The number of aliphatic hydroxyl groups excluding tert-OH is 1. The Morgan fingerprint density at radius 2 is 1.73 bits per heavy atom. The average molecular weight is 626 g/mol. The Hall–Kier alpha value is -3.02. The summed E-state index contributed by atoms with van der Waals surface area (Å²) in [6.45, 7) is 17.0. The highest BCUT2D eigenvalue weighted by Crippen LogP contribution is 2.58. The lowest BCUT2D eigenvalue weighted by Crippen LogP contribution is -2.64. The van der Waals surface area contributed by atoms with Crippen molar-refractivity contribution in [3.8, 4) is 11.8 Å². The molecule has 11 heteroatoms. The van der Waals surface area contributed by atoms with Crippen LogP contribution in [0.3, 0.4) is 0 Å². The molecule has 0 spiro atoms. The molecular formula is C33H47N3O7Si. The van der Waals surface area contributed by atoms with Gasteiger partial charge in [-0.05, 0) is 73.4 Å². The molecule has 2 aromatic rings. The van der Waals surface area contributed by atoms with Crippen LogP contribution in [0, 0.1) is 18.8 Å². The molecule has 4 atom stereocenters. The van der Waals surface area contributed by atoms with Crippen molar-refractivity contribution in [1.82, 2.24) is 10.1 Å². The van der Waals surface area contributed by atoms with Crippen LogP contribution in [0.1, 0.15) is 110 Å². The van der Waals surface area contributed by atoms with Gasteiger partial charge in [-0.2, -0.15) is 0 Å². The van der Waals surface area contributed by atoms with Gasteiger partial charge >= 0.3 is 0 Å². The standard InChI is InChI=1S/C33H47N3O7Si/c1-9-11-13-40-30-23-19(15-18(3)35-30)16-20-17-21-25(34)27-24(31(36-42-27)41-14-12-10-2)29(39)33(21,28(38)22(20)26(23)37)43-44(7,8)32(4,5)6/h15,20-21,25,38H,9-14,16-17,34H2,1-8H3/t20-,21-,25-,33-/m0/s1. The minimum atomic E-state index is -2.77. The fourth-order valence-corrected chi connectivity index (χ4v) is 7.93. The third kappa shape index (κ3) is 5.10. The van der Waals surface area contributed by atoms with E-state index < -0.39 is 31.7 Å². The maximum atomic E-state index is 14.9. The molecule has 0 aromatic carbocycles. The van der Waals surface area contributed by atoms with E-state index >= 15 is 0 Å². The largest absolute Gasteiger partial charge is 0.508 e. The maximum Gasteiger partial charge on any atom is 0.265 e. The fraction of sp³-hybridized carbons (Fsp3) is 0.636. The fourth-order valence-electron chi connectivity index (χ4n) is 6.47. The van der Waals surface area contributed by atoms with Crippen molar-refractivity contribution < 1.29 is 33.1 Å². The number of aryl methyl sites for hydroxylation is 1. The molecule has 2 aromatic heterocycles. The van der Waals surface area contributed by atoms with Crippen molar-refractivity contribution in [1.29, 1.82) is 0 Å². The number of Topliss-reactive ketones (excluding diaryl/α,β-unsaturated/α-hetero) is 2. The molecule has 10 nitrogen and oxygen atoms in total. The molecule has 3 N–H and O–H groups in total. The number of pyridine rings is 1. The number of aliphatic hydroxyl groups is 1. The van der Waals surface area contributed by atoms with Gasteiger partial charge in [0, 0.05) is 17.2 Å². The zero-order chi connectivity index (χ0) is 32.2. The van der Waals surface area contributed by atoms with Gasteiger partial charge in [-0.3, -0.25) is 9.59 Å². The highest BCUT2D eigenvalue weighted by Gasteiger charge is 2.66. The Kier molecular flexibility index (Phi) is 8.63. The molecule has 0 amide bonds. The number of hydrogen-bond acceptors (Lipinski definition) is 10. The number of fused-ring (bicyclic) bond motifs is 4. The Labute approximate surface area is 260 Å². The minimum absolute atomic E-state index is 0.0390. The number of rotatable bonds is 10. The van der Waals surface area contributed by atoms with Gasteiger partial charge in [0.2, 0.25) is 11.7 Å². The summed E-state index contributed by atoms with van der Waals surface area (Å²) in [5, 5.41) is 16.2. The van der Waals surface area contributed by atoms with E-state index in [2.05, 4.69) is 37.8 Å². The molecule has 44 heavy (non-hydrogen) atoms. The predicted molar refractivity (Wildman–Crippen MR) is 168 cm³/mol. The van der Waals surface area contributed by atoms with Crippen LogP contribution in [0.15, 0.2) is 21.9 Å². The van der Waals surface area contributed by atoms with Crippen molar-refractivity contribution in [2.24, 2.45) is 17.6 Å². The Morgan fingerprint density at radius 3 is 2.34 bits per heavy atom. The van der Waals surface area contributed by atoms with E-state index in [4.69, 9.17) is 24.2 Å². The van der Waals surface area contributed by atoms with E-state index in [9.17, 15) is 14.7 Å². The Morgan fingerprint density at radius 1 is 1.09 bits per heavy atom. The Bertz CT molecular complexity index is 1490. The third-order valence-electron chi connectivity index (χ3n) is 9.89. The summed E-state index contributed by atoms with van der Waals surface area (Å²) in [6.07, 6.45) is 4.21. The summed E-state index contributed by atoms with van der Waals surface area (Å²) in [5.41, 5.74) is 7.18. The van der Waals surface area contributed by atoms with Gasteiger partial charge in [0.25, 0.3) is 5.88 Å². The number of ether oxygens (including phenoxy) is 2. The summed E-state index contributed by atoms with van der Waals surface area (Å²) < 4.78 is 24.6. The van der Waals surface area contributed by atoms with Gasteiger partial charge in [0.1, 0.15) is 11.3 Å². The number of carbonyl (C=O) groups is 2. The summed E-state index contributed by atoms with van der Waals surface area (Å²) >= 11 is 0. The molecule has 0 saturated carbocycles. The number of nitrogens with zero attached hydrogens (tertiary/aromatic N) is 2. The van der Waals surface area contributed by atoms with E-state index in [0.717, 1.165) is 36.9 Å². The number of unbranched alkanes of at least 4 members (excludes halogenated alkanes) is 2. The van der Waals surface area contributed by atoms with Gasteiger partial charge < -0.3 is 29.3 Å². The molecule has 2 heterocycles. The highest BCUT2D eigenvalue weighted by molar-refractivity contribution is 6.74. The normalized spacial score (nSPS) is 24.9. The monoisotopic (exact) mass is 625 g/mol. The van der Waals surface area contributed by atoms with E-state index in [-0.39, 0.29) is 51.2 Å². The molecule has 0 saturated heterocycles. The van der Waals surface area contributed by atoms with Crippen LogP contribution >= 0.6 is 0 Å². The number of hydrogen-bond donors (Lipinski definition) is 2. The zero-order valence-electron chi connectivity index (χ0n) is 27.3. The molecular weight excluding hydrogens is 578 g/mol. The summed E-state index contributed by atoms with van der Waals surface area (Å²) in [4.78, 5) is 33.9. The van der Waals surface area contributed by atoms with Crippen LogP contribution in [0.2, 0.25) is 18.1 Å². The number of ketones is 2. The van der Waals surface area contributed by atoms with Gasteiger partial charge in [-0.25, -0.2) is 4.98 Å². The van der Waals surface area contributed by atoms with Gasteiger partial charge in [0.05, 0.1) is 24.8 Å². The van der Waals surface area contributed by atoms with Crippen molar-refractivity contribution in [3.05, 3.63) is 45.5 Å². The molecule has 3 aliphatic carbocycles. The first-order chi connectivity index (χ1) is 20.7. The van der Waals surface area contributed by atoms with Crippen molar-refractivity contribution in [2.75, 3.05) is 13.2 Å². The average Bonchev–Trinajstić information content (AvgIpc) is 3.36. The van der Waals surface area contributed by atoms with E-state index in [0.29, 0.717) is 31.6 Å². The SMILES string of the molecule is CCCCOc1nc(C)cc2c1C(=O)C1=C(O)[C@]3(O[Si](C)(C)C(C)(C)C)C(=O)c4c(OCCCC)noc4[C@@H](N)[C@@H]3C[C@@H]1C2. The third-order valence-corrected chi connectivity index (χ3v) is 14.3.